The Labute approximate surface area is 215 Å². The fraction of sp³-hybridized carbons (Fsp3) is 0.815. The van der Waals surface area contributed by atoms with Crippen molar-refractivity contribution in [3.05, 3.63) is 0 Å². The Hall–Kier alpha value is -1.97. The number of esters is 2. The zero-order valence-corrected chi connectivity index (χ0v) is 22.5. The molecule has 2 unspecified atom stereocenters. The van der Waals surface area contributed by atoms with Crippen LogP contribution in [-0.4, -0.2) is 62.9 Å². The Balaban J connectivity index is 5.06. The molecule has 0 saturated carbocycles. The summed E-state index contributed by atoms with van der Waals surface area (Å²) < 4.78 is 4.39. The molecule has 0 aromatic heterocycles. The van der Waals surface area contributed by atoms with E-state index in [1.165, 1.54) is 44.9 Å². The van der Waals surface area contributed by atoms with Crippen molar-refractivity contribution in [2.75, 3.05) is 6.61 Å². The monoisotopic (exact) mass is 514 g/mol. The van der Waals surface area contributed by atoms with Gasteiger partial charge in [-0.2, -0.15) is 0 Å². The molecule has 0 aromatic carbocycles. The van der Waals surface area contributed by atoms with E-state index in [1.807, 2.05) is 0 Å². The predicted octanol–water partition coefficient (Wildman–Crippen LogP) is 3.38. The number of hydrogen-bond donors (Lipinski definition) is 3. The minimum absolute atomic E-state index is 0.280. The highest BCUT2D eigenvalue weighted by Gasteiger charge is 2.65. The second-order valence-electron chi connectivity index (χ2n) is 9.68. The quantitative estimate of drug-likeness (QED) is 0.119. The molecule has 2 atom stereocenters. The van der Waals surface area contributed by atoms with Crippen molar-refractivity contribution in [2.24, 2.45) is 5.41 Å². The Bertz CT molecular complexity index is 717. The van der Waals surface area contributed by atoms with Gasteiger partial charge in [-0.25, -0.2) is 9.59 Å². The van der Waals surface area contributed by atoms with Gasteiger partial charge in [-0.05, 0) is 27.2 Å². The first-order chi connectivity index (χ1) is 16.9. The SMILES string of the molecule is CCCCCCCCCCCCCCCC(C(C)=O)(C(C)=O)C(O)(C(C)=O)C(=O)OC(=O)C(O)CO. The van der Waals surface area contributed by atoms with Crippen LogP contribution < -0.4 is 0 Å². The average Bonchev–Trinajstić information content (AvgIpc) is 2.82. The molecule has 0 rings (SSSR count). The maximum atomic E-state index is 12.7. The van der Waals surface area contributed by atoms with E-state index in [2.05, 4.69) is 11.7 Å². The highest BCUT2D eigenvalue weighted by Crippen LogP contribution is 2.41. The number of hydrogen-bond acceptors (Lipinski definition) is 9. The summed E-state index contributed by atoms with van der Waals surface area (Å²) in [4.78, 5) is 62.3. The minimum atomic E-state index is -3.24. The first kappa shape index (κ1) is 34.0. The van der Waals surface area contributed by atoms with Crippen molar-refractivity contribution < 1.29 is 44.0 Å². The van der Waals surface area contributed by atoms with Crippen LogP contribution in [0.4, 0.5) is 0 Å². The van der Waals surface area contributed by atoms with Crippen LogP contribution in [0, 0.1) is 5.41 Å². The standard InChI is InChI=1S/C27H46O9/c1-5-6-7-8-9-10-11-12-13-14-15-16-17-18-26(20(2)29,21(3)30)27(35,22(4)31)25(34)36-24(33)23(32)19-28/h23,28,32,35H,5-19H2,1-4H3. The molecule has 0 bridgehead atoms. The molecule has 0 spiro atoms. The van der Waals surface area contributed by atoms with Gasteiger partial charge in [-0.3, -0.25) is 14.4 Å². The van der Waals surface area contributed by atoms with Crippen molar-refractivity contribution in [2.45, 2.75) is 129 Å². The van der Waals surface area contributed by atoms with Crippen LogP contribution in [0.2, 0.25) is 0 Å². The van der Waals surface area contributed by atoms with Crippen LogP contribution in [0.3, 0.4) is 0 Å². The third-order valence-corrected chi connectivity index (χ3v) is 6.92. The van der Waals surface area contributed by atoms with Gasteiger partial charge in [0.25, 0.3) is 0 Å². The van der Waals surface area contributed by atoms with Gasteiger partial charge < -0.3 is 20.1 Å². The lowest BCUT2D eigenvalue weighted by Crippen LogP contribution is -2.66. The largest absolute Gasteiger partial charge is 0.393 e. The maximum Gasteiger partial charge on any atom is 0.355 e. The number of carbonyl (C=O) groups is 5. The Morgan fingerprint density at radius 2 is 1.08 bits per heavy atom. The molecule has 208 valence electrons. The van der Waals surface area contributed by atoms with Gasteiger partial charge in [-0.1, -0.05) is 90.4 Å². The van der Waals surface area contributed by atoms with E-state index in [4.69, 9.17) is 5.11 Å². The van der Waals surface area contributed by atoms with Crippen molar-refractivity contribution in [3.63, 3.8) is 0 Å². The Morgan fingerprint density at radius 3 is 1.42 bits per heavy atom. The van der Waals surface area contributed by atoms with E-state index in [-0.39, 0.29) is 12.8 Å². The van der Waals surface area contributed by atoms with Crippen LogP contribution in [0.25, 0.3) is 0 Å². The lowest BCUT2D eigenvalue weighted by atomic mass is 9.62. The molecule has 9 nitrogen and oxygen atoms in total. The fourth-order valence-electron chi connectivity index (χ4n) is 4.62. The summed E-state index contributed by atoms with van der Waals surface area (Å²) in [6.07, 6.45) is 11.4. The summed E-state index contributed by atoms with van der Waals surface area (Å²) in [5, 5.41) is 29.4. The molecule has 0 aliphatic rings. The minimum Gasteiger partial charge on any atom is -0.393 e. The smallest absolute Gasteiger partial charge is 0.355 e. The summed E-state index contributed by atoms with van der Waals surface area (Å²) in [6.45, 7) is 3.95. The normalized spacial score (nSPS) is 14.1. The lowest BCUT2D eigenvalue weighted by Gasteiger charge is -2.40. The summed E-state index contributed by atoms with van der Waals surface area (Å²) in [7, 11) is 0. The van der Waals surface area contributed by atoms with Crippen LogP contribution in [-0.2, 0) is 28.7 Å². The van der Waals surface area contributed by atoms with Gasteiger partial charge in [-0.15, -0.1) is 0 Å². The highest BCUT2D eigenvalue weighted by molar-refractivity contribution is 6.21. The Kier molecular flexibility index (Phi) is 16.5. The van der Waals surface area contributed by atoms with Crippen LogP contribution in [0.15, 0.2) is 0 Å². The third kappa shape index (κ3) is 9.48. The molecule has 0 radical (unpaired) electrons. The second-order valence-corrected chi connectivity index (χ2v) is 9.68. The molecule has 0 aromatic rings. The summed E-state index contributed by atoms with van der Waals surface area (Å²) in [5.41, 5.74) is -5.68. The molecule has 0 amide bonds. The number of aliphatic hydroxyl groups excluding tert-OH is 2. The van der Waals surface area contributed by atoms with Crippen molar-refractivity contribution in [1.29, 1.82) is 0 Å². The van der Waals surface area contributed by atoms with Crippen molar-refractivity contribution in [1.82, 2.24) is 0 Å². The number of ketones is 3. The van der Waals surface area contributed by atoms with E-state index in [9.17, 15) is 34.2 Å². The number of unbranched alkanes of at least 4 members (excludes halogenated alkanes) is 12. The predicted molar refractivity (Wildman–Crippen MR) is 134 cm³/mol. The van der Waals surface area contributed by atoms with Crippen LogP contribution in [0.5, 0.6) is 0 Å². The molecule has 0 fully saturated rings. The molecule has 3 N–H and O–H groups in total. The van der Waals surface area contributed by atoms with Gasteiger partial charge in [0.2, 0.25) is 5.60 Å². The number of Topliss-reactive ketones (excluding diaryl/α,β-unsaturated/α-hetero) is 3. The third-order valence-electron chi connectivity index (χ3n) is 6.92. The zero-order valence-electron chi connectivity index (χ0n) is 22.5. The molecule has 0 aliphatic heterocycles. The van der Waals surface area contributed by atoms with E-state index in [0.29, 0.717) is 6.42 Å². The first-order valence-corrected chi connectivity index (χ1v) is 13.2. The molecule has 36 heavy (non-hydrogen) atoms. The average molecular weight is 515 g/mol. The summed E-state index contributed by atoms with van der Waals surface area (Å²) in [5.74, 6) is -6.48. The van der Waals surface area contributed by atoms with Gasteiger partial charge in [0, 0.05) is 0 Å². The van der Waals surface area contributed by atoms with E-state index < -0.39 is 53.0 Å². The molecule has 0 saturated heterocycles. The number of rotatable bonds is 21. The summed E-state index contributed by atoms with van der Waals surface area (Å²) in [6, 6.07) is 0. The van der Waals surface area contributed by atoms with E-state index >= 15 is 0 Å². The van der Waals surface area contributed by atoms with Gasteiger partial charge in [0.1, 0.15) is 17.0 Å². The van der Waals surface area contributed by atoms with Gasteiger partial charge in [0.05, 0.1) is 6.61 Å². The lowest BCUT2D eigenvalue weighted by molar-refractivity contribution is -0.195. The molecule has 0 aliphatic carbocycles. The van der Waals surface area contributed by atoms with E-state index in [0.717, 1.165) is 46.5 Å². The van der Waals surface area contributed by atoms with Crippen molar-refractivity contribution >= 4 is 29.3 Å². The number of carbonyl (C=O) groups excluding carboxylic acids is 5. The van der Waals surface area contributed by atoms with Crippen molar-refractivity contribution in [3.8, 4) is 0 Å². The first-order valence-electron chi connectivity index (χ1n) is 13.2. The maximum absolute atomic E-state index is 12.7. The molecular weight excluding hydrogens is 468 g/mol. The molecule has 0 heterocycles. The number of aliphatic hydroxyl groups is 3. The van der Waals surface area contributed by atoms with Crippen LogP contribution in [0.1, 0.15) is 118 Å². The van der Waals surface area contributed by atoms with E-state index in [1.54, 1.807) is 0 Å². The number of ether oxygens (including phenoxy) is 1. The van der Waals surface area contributed by atoms with Gasteiger partial charge in [0.15, 0.2) is 11.9 Å². The summed E-state index contributed by atoms with van der Waals surface area (Å²) >= 11 is 0. The Morgan fingerprint density at radius 1 is 0.694 bits per heavy atom. The topological polar surface area (TPSA) is 155 Å². The molecular formula is C27H46O9. The highest BCUT2D eigenvalue weighted by atomic mass is 16.6. The second kappa shape index (κ2) is 17.5. The zero-order chi connectivity index (χ0) is 27.8. The van der Waals surface area contributed by atoms with Crippen LogP contribution >= 0.6 is 0 Å². The fourth-order valence-corrected chi connectivity index (χ4v) is 4.62. The van der Waals surface area contributed by atoms with Gasteiger partial charge >= 0.3 is 11.9 Å². The molecule has 9 heteroatoms.